The third-order valence-corrected chi connectivity index (χ3v) is 3.03. The van der Waals surface area contributed by atoms with Crippen LogP contribution in [0.4, 0.5) is 0 Å². The van der Waals surface area contributed by atoms with Gasteiger partial charge in [-0.25, -0.2) is 0 Å². The maximum absolute atomic E-state index is 9.77. The summed E-state index contributed by atoms with van der Waals surface area (Å²) < 4.78 is 11.2. The van der Waals surface area contributed by atoms with Crippen molar-refractivity contribution in [3.8, 4) is 0 Å². The van der Waals surface area contributed by atoms with Gasteiger partial charge in [0.1, 0.15) is 0 Å². The molecule has 0 aliphatic carbocycles. The first-order valence-corrected chi connectivity index (χ1v) is 6.53. The molecule has 1 aliphatic rings. The van der Waals surface area contributed by atoms with Crippen LogP contribution < -0.4 is 0 Å². The molecule has 0 spiro atoms. The van der Waals surface area contributed by atoms with E-state index in [0.29, 0.717) is 6.61 Å². The van der Waals surface area contributed by atoms with Crippen molar-refractivity contribution in [3.63, 3.8) is 0 Å². The van der Waals surface area contributed by atoms with Crippen LogP contribution >= 0.6 is 0 Å². The molecule has 96 valence electrons. The molecule has 0 aromatic carbocycles. The van der Waals surface area contributed by atoms with Crippen molar-refractivity contribution in [1.29, 1.82) is 0 Å². The second kappa shape index (κ2) is 6.58. The topological polar surface area (TPSA) is 38.7 Å². The molecule has 1 N–H and O–H groups in total. The van der Waals surface area contributed by atoms with Gasteiger partial charge in [-0.05, 0) is 33.1 Å². The summed E-state index contributed by atoms with van der Waals surface area (Å²) in [5, 5.41) is 9.77. The average Bonchev–Trinajstić information content (AvgIpc) is 2.56. The number of hydrogen-bond donors (Lipinski definition) is 1. The third kappa shape index (κ3) is 5.28. The first kappa shape index (κ1) is 13.9. The van der Waals surface area contributed by atoms with Gasteiger partial charge in [0.05, 0.1) is 18.8 Å². The minimum atomic E-state index is -0.433. The van der Waals surface area contributed by atoms with Crippen LogP contribution in [0.3, 0.4) is 0 Å². The molecule has 1 heterocycles. The monoisotopic (exact) mass is 230 g/mol. The van der Waals surface area contributed by atoms with E-state index in [1.165, 1.54) is 12.8 Å². The van der Waals surface area contributed by atoms with Crippen LogP contribution in [0.15, 0.2) is 0 Å². The molecule has 3 heteroatoms. The molecule has 16 heavy (non-hydrogen) atoms. The van der Waals surface area contributed by atoms with Crippen LogP contribution in [0, 0.1) is 0 Å². The number of ether oxygens (including phenoxy) is 2. The normalized spacial score (nSPS) is 25.9. The third-order valence-electron chi connectivity index (χ3n) is 3.03. The van der Waals surface area contributed by atoms with Crippen LogP contribution in [0.1, 0.15) is 59.3 Å². The highest BCUT2D eigenvalue weighted by Gasteiger charge is 2.32. The molecule has 3 nitrogen and oxygen atoms in total. The maximum Gasteiger partial charge on any atom is 0.163 e. The number of rotatable bonds is 7. The lowest BCUT2D eigenvalue weighted by molar-refractivity contribution is -0.139. The maximum atomic E-state index is 9.77. The first-order chi connectivity index (χ1) is 7.53. The van der Waals surface area contributed by atoms with Crippen LogP contribution in [-0.4, -0.2) is 29.7 Å². The Bertz CT molecular complexity index is 192. The lowest BCUT2D eigenvalue weighted by atomic mass is 10.0. The Labute approximate surface area is 99.1 Å². The molecule has 1 aliphatic heterocycles. The van der Waals surface area contributed by atoms with Gasteiger partial charge >= 0.3 is 0 Å². The molecule has 2 atom stereocenters. The van der Waals surface area contributed by atoms with Gasteiger partial charge in [-0.1, -0.05) is 26.2 Å². The fourth-order valence-electron chi connectivity index (χ4n) is 2.06. The van der Waals surface area contributed by atoms with Gasteiger partial charge in [-0.15, -0.1) is 0 Å². The largest absolute Gasteiger partial charge is 0.393 e. The molecular formula is C13H26O3. The van der Waals surface area contributed by atoms with Gasteiger partial charge in [0.15, 0.2) is 5.79 Å². The minimum Gasteiger partial charge on any atom is -0.393 e. The lowest BCUT2D eigenvalue weighted by Crippen LogP contribution is -2.22. The molecule has 1 rings (SSSR count). The summed E-state index contributed by atoms with van der Waals surface area (Å²) in [5.41, 5.74) is 0. The van der Waals surface area contributed by atoms with E-state index in [0.717, 1.165) is 25.7 Å². The van der Waals surface area contributed by atoms with Crippen molar-refractivity contribution in [1.82, 2.24) is 0 Å². The Balaban J connectivity index is 2.06. The highest BCUT2D eigenvalue weighted by Crippen LogP contribution is 2.25. The fraction of sp³-hybridized carbons (Fsp3) is 1.00. The smallest absolute Gasteiger partial charge is 0.163 e. The van der Waals surface area contributed by atoms with Gasteiger partial charge in [0, 0.05) is 0 Å². The fourth-order valence-corrected chi connectivity index (χ4v) is 2.06. The zero-order chi connectivity index (χ0) is 12.0. The number of unbranched alkanes of at least 4 members (excludes halogenated alkanes) is 2. The Hall–Kier alpha value is -0.120. The average molecular weight is 230 g/mol. The first-order valence-electron chi connectivity index (χ1n) is 6.53. The molecule has 0 radical (unpaired) electrons. The Morgan fingerprint density at radius 3 is 2.62 bits per heavy atom. The second-order valence-corrected chi connectivity index (χ2v) is 5.18. The molecule has 1 saturated heterocycles. The predicted molar refractivity (Wildman–Crippen MR) is 64.3 cm³/mol. The van der Waals surface area contributed by atoms with Crippen LogP contribution in [0.25, 0.3) is 0 Å². The SMILES string of the molecule is CCCCC[C@@H](O)CC[C@H]1COC(C)(C)O1. The quantitative estimate of drug-likeness (QED) is 0.683. The molecule has 0 unspecified atom stereocenters. The summed E-state index contributed by atoms with van der Waals surface area (Å²) in [4.78, 5) is 0. The summed E-state index contributed by atoms with van der Waals surface area (Å²) in [5.74, 6) is -0.433. The van der Waals surface area contributed by atoms with Crippen LogP contribution in [-0.2, 0) is 9.47 Å². The van der Waals surface area contributed by atoms with Gasteiger partial charge in [-0.2, -0.15) is 0 Å². The Kier molecular flexibility index (Phi) is 5.73. The van der Waals surface area contributed by atoms with E-state index in [1.54, 1.807) is 0 Å². The molecule has 0 amide bonds. The highest BCUT2D eigenvalue weighted by molar-refractivity contribution is 4.72. The van der Waals surface area contributed by atoms with Crippen molar-refractivity contribution in [2.75, 3.05) is 6.61 Å². The second-order valence-electron chi connectivity index (χ2n) is 5.18. The summed E-state index contributed by atoms with van der Waals surface area (Å²) in [6.45, 7) is 6.71. The minimum absolute atomic E-state index is 0.163. The molecule has 1 fully saturated rings. The molecule has 0 saturated carbocycles. The Morgan fingerprint density at radius 1 is 1.31 bits per heavy atom. The van der Waals surface area contributed by atoms with Gasteiger partial charge in [0.25, 0.3) is 0 Å². The van der Waals surface area contributed by atoms with E-state index in [2.05, 4.69) is 6.92 Å². The Morgan fingerprint density at radius 2 is 2.06 bits per heavy atom. The highest BCUT2D eigenvalue weighted by atomic mass is 16.7. The van der Waals surface area contributed by atoms with Crippen LogP contribution in [0.2, 0.25) is 0 Å². The van der Waals surface area contributed by atoms with Crippen molar-refractivity contribution in [2.45, 2.75) is 77.3 Å². The summed E-state index contributed by atoms with van der Waals surface area (Å²) in [6, 6.07) is 0. The molecule has 0 aromatic heterocycles. The van der Waals surface area contributed by atoms with Crippen molar-refractivity contribution in [2.24, 2.45) is 0 Å². The summed E-state index contributed by atoms with van der Waals surface area (Å²) in [6.07, 6.45) is 6.20. The van der Waals surface area contributed by atoms with Crippen molar-refractivity contribution < 1.29 is 14.6 Å². The molecule has 0 aromatic rings. The van der Waals surface area contributed by atoms with Gasteiger partial charge in [0.2, 0.25) is 0 Å². The van der Waals surface area contributed by atoms with Gasteiger partial charge < -0.3 is 14.6 Å². The molecular weight excluding hydrogens is 204 g/mol. The number of aliphatic hydroxyl groups is 1. The number of hydrogen-bond acceptors (Lipinski definition) is 3. The summed E-state index contributed by atoms with van der Waals surface area (Å²) in [7, 11) is 0. The van der Waals surface area contributed by atoms with Crippen molar-refractivity contribution in [3.05, 3.63) is 0 Å². The lowest BCUT2D eigenvalue weighted by Gasteiger charge is -2.17. The summed E-state index contributed by atoms with van der Waals surface area (Å²) >= 11 is 0. The zero-order valence-electron chi connectivity index (χ0n) is 10.9. The predicted octanol–water partition coefficient (Wildman–Crippen LogP) is 2.86. The van der Waals surface area contributed by atoms with E-state index < -0.39 is 5.79 Å². The van der Waals surface area contributed by atoms with E-state index in [4.69, 9.17) is 9.47 Å². The molecule has 0 bridgehead atoms. The van der Waals surface area contributed by atoms with E-state index in [1.807, 2.05) is 13.8 Å². The standard InChI is InChI=1S/C13H26O3/c1-4-5-6-7-11(14)8-9-12-10-15-13(2,3)16-12/h11-12,14H,4-10H2,1-3H3/t11-,12+/m1/s1. The van der Waals surface area contributed by atoms with E-state index in [-0.39, 0.29) is 12.2 Å². The number of aliphatic hydroxyl groups excluding tert-OH is 1. The van der Waals surface area contributed by atoms with Crippen LogP contribution in [0.5, 0.6) is 0 Å². The van der Waals surface area contributed by atoms with E-state index in [9.17, 15) is 5.11 Å². The zero-order valence-corrected chi connectivity index (χ0v) is 10.9. The van der Waals surface area contributed by atoms with Gasteiger partial charge in [-0.3, -0.25) is 0 Å². The van der Waals surface area contributed by atoms with E-state index >= 15 is 0 Å². The van der Waals surface area contributed by atoms with Crippen molar-refractivity contribution >= 4 is 0 Å².